The summed E-state index contributed by atoms with van der Waals surface area (Å²) in [6, 6.07) is 5.60. The van der Waals surface area contributed by atoms with Crippen LogP contribution in [-0.2, 0) is 0 Å². The Balaban J connectivity index is 2.35. The van der Waals surface area contributed by atoms with Gasteiger partial charge in [0.05, 0.1) is 12.6 Å². The molecule has 0 bridgehead atoms. The molecule has 3 N–H and O–H groups in total. The molecule has 1 aromatic heterocycles. The number of nitrogens with one attached hydrogen (secondary N) is 1. The van der Waals surface area contributed by atoms with Gasteiger partial charge in [-0.25, -0.2) is 0 Å². The molecule has 18 heavy (non-hydrogen) atoms. The van der Waals surface area contributed by atoms with E-state index in [0.717, 1.165) is 15.4 Å². The highest BCUT2D eigenvalue weighted by Gasteiger charge is 2.20. The van der Waals surface area contributed by atoms with Gasteiger partial charge in [0.15, 0.2) is 0 Å². The summed E-state index contributed by atoms with van der Waals surface area (Å²) in [4.78, 5) is 5.57. The summed E-state index contributed by atoms with van der Waals surface area (Å²) in [5, 5.41) is 23.8. The van der Waals surface area contributed by atoms with Gasteiger partial charge in [-0.05, 0) is 23.7 Å². The van der Waals surface area contributed by atoms with Crippen molar-refractivity contribution in [3.63, 3.8) is 0 Å². The number of benzene rings is 1. The fraction of sp³-hybridized carbons (Fsp3) is 0.273. The molecule has 94 valence electrons. The highest BCUT2D eigenvalue weighted by Crippen LogP contribution is 2.28. The van der Waals surface area contributed by atoms with Crippen molar-refractivity contribution < 1.29 is 10.2 Å². The first-order valence-corrected chi connectivity index (χ1v) is 6.06. The lowest BCUT2D eigenvalue weighted by molar-refractivity contribution is 0.0253. The Bertz CT molecular complexity index is 606. The first kappa shape index (κ1) is 12.9. The molecular formula is C11H11BrN4O2. The van der Waals surface area contributed by atoms with Crippen molar-refractivity contribution in [1.82, 2.24) is 4.98 Å². The number of rotatable bonds is 4. The van der Waals surface area contributed by atoms with Crippen LogP contribution in [0.1, 0.15) is 11.7 Å². The Labute approximate surface area is 111 Å². The number of hydrogen-bond donors (Lipinski definition) is 3. The maximum Gasteiger partial charge on any atom is 0.107 e. The van der Waals surface area contributed by atoms with Gasteiger partial charge in [-0.3, -0.25) is 0 Å². The molecule has 0 saturated heterocycles. The molecule has 1 heterocycles. The van der Waals surface area contributed by atoms with E-state index in [-0.39, 0.29) is 6.54 Å². The molecule has 0 amide bonds. The van der Waals surface area contributed by atoms with Crippen molar-refractivity contribution in [3.05, 3.63) is 44.9 Å². The Hall–Kier alpha value is -1.53. The number of hydrogen-bond acceptors (Lipinski definition) is 3. The highest BCUT2D eigenvalue weighted by atomic mass is 79.9. The monoisotopic (exact) mass is 310 g/mol. The van der Waals surface area contributed by atoms with Crippen LogP contribution < -0.4 is 0 Å². The molecule has 0 aliphatic heterocycles. The van der Waals surface area contributed by atoms with Crippen LogP contribution in [0.15, 0.2) is 34.0 Å². The van der Waals surface area contributed by atoms with E-state index < -0.39 is 12.2 Å². The molecule has 0 fully saturated rings. The van der Waals surface area contributed by atoms with Crippen LogP contribution in [0, 0.1) is 0 Å². The predicted molar refractivity (Wildman–Crippen MR) is 71.0 cm³/mol. The number of halogens is 1. The van der Waals surface area contributed by atoms with E-state index in [1.807, 2.05) is 18.2 Å². The summed E-state index contributed by atoms with van der Waals surface area (Å²) in [6.45, 7) is -0.168. The number of aliphatic hydroxyl groups excluding tert-OH is 2. The van der Waals surface area contributed by atoms with Gasteiger partial charge in [0.2, 0.25) is 0 Å². The minimum absolute atomic E-state index is 0.168. The van der Waals surface area contributed by atoms with Gasteiger partial charge in [-0.15, -0.1) is 0 Å². The van der Waals surface area contributed by atoms with E-state index in [1.165, 1.54) is 0 Å². The normalized spacial score (nSPS) is 14.2. The molecule has 2 atom stereocenters. The average Bonchev–Trinajstić information content (AvgIpc) is 2.77. The molecule has 6 nitrogen and oxygen atoms in total. The van der Waals surface area contributed by atoms with Crippen molar-refractivity contribution in [1.29, 1.82) is 0 Å². The Morgan fingerprint density at radius 2 is 2.22 bits per heavy atom. The smallest absolute Gasteiger partial charge is 0.107 e. The van der Waals surface area contributed by atoms with Crippen molar-refractivity contribution in [2.75, 3.05) is 6.54 Å². The number of azide groups is 1. The van der Waals surface area contributed by atoms with E-state index in [9.17, 15) is 10.2 Å². The number of nitrogens with zero attached hydrogens (tertiary/aromatic N) is 3. The van der Waals surface area contributed by atoms with Crippen LogP contribution in [0.5, 0.6) is 0 Å². The molecule has 2 unspecified atom stereocenters. The fourth-order valence-corrected chi connectivity index (χ4v) is 2.15. The third-order valence-electron chi connectivity index (χ3n) is 2.69. The van der Waals surface area contributed by atoms with Crippen LogP contribution >= 0.6 is 15.9 Å². The Kier molecular flexibility index (Phi) is 3.88. The molecular weight excluding hydrogens is 300 g/mol. The van der Waals surface area contributed by atoms with Crippen molar-refractivity contribution in [3.8, 4) is 0 Å². The second-order valence-electron chi connectivity index (χ2n) is 3.86. The number of aromatic amines is 1. The molecule has 1 aromatic carbocycles. The van der Waals surface area contributed by atoms with Crippen LogP contribution in [0.2, 0.25) is 0 Å². The van der Waals surface area contributed by atoms with Crippen LogP contribution in [0.25, 0.3) is 21.3 Å². The first-order chi connectivity index (χ1) is 8.63. The van der Waals surface area contributed by atoms with E-state index in [2.05, 4.69) is 30.9 Å². The van der Waals surface area contributed by atoms with Crippen molar-refractivity contribution in [2.45, 2.75) is 12.2 Å². The van der Waals surface area contributed by atoms with Gasteiger partial charge in [0, 0.05) is 32.0 Å². The first-order valence-electron chi connectivity index (χ1n) is 5.27. The summed E-state index contributed by atoms with van der Waals surface area (Å²) in [5.74, 6) is 0. The van der Waals surface area contributed by atoms with E-state index in [1.54, 1.807) is 6.20 Å². The standard InChI is InChI=1S/C11H11BrN4O2/c12-6-1-2-9-7(3-6)8(4-14-9)11(18)10(17)5-15-16-13/h1-4,10-11,14,17-18H,5H2. The lowest BCUT2D eigenvalue weighted by Gasteiger charge is -2.15. The number of H-pyrrole nitrogens is 1. The van der Waals surface area contributed by atoms with Gasteiger partial charge in [0.1, 0.15) is 6.10 Å². The summed E-state index contributed by atoms with van der Waals surface area (Å²) in [7, 11) is 0. The minimum atomic E-state index is -1.13. The lowest BCUT2D eigenvalue weighted by atomic mass is 10.0. The average molecular weight is 311 g/mol. The zero-order valence-corrected chi connectivity index (χ0v) is 10.9. The fourth-order valence-electron chi connectivity index (χ4n) is 1.79. The van der Waals surface area contributed by atoms with Gasteiger partial charge in [-0.1, -0.05) is 21.0 Å². The third kappa shape index (κ3) is 2.49. The topological polar surface area (TPSA) is 105 Å². The molecule has 0 aliphatic rings. The zero-order valence-electron chi connectivity index (χ0n) is 9.29. The second-order valence-corrected chi connectivity index (χ2v) is 4.78. The van der Waals surface area contributed by atoms with Crippen LogP contribution in [0.3, 0.4) is 0 Å². The SMILES string of the molecule is [N-]=[N+]=NCC(O)C(O)c1c[nH]c2ccc(Br)cc12. The third-order valence-corrected chi connectivity index (χ3v) is 3.18. The maximum absolute atomic E-state index is 10.0. The molecule has 0 aliphatic carbocycles. The van der Waals surface area contributed by atoms with Gasteiger partial charge in [0.25, 0.3) is 0 Å². The van der Waals surface area contributed by atoms with Crippen molar-refractivity contribution in [2.24, 2.45) is 5.11 Å². The largest absolute Gasteiger partial charge is 0.390 e. The van der Waals surface area contributed by atoms with Gasteiger partial charge >= 0.3 is 0 Å². The van der Waals surface area contributed by atoms with E-state index >= 15 is 0 Å². The minimum Gasteiger partial charge on any atom is -0.390 e. The maximum atomic E-state index is 10.0. The molecule has 0 spiro atoms. The number of fused-ring (bicyclic) bond motifs is 1. The zero-order chi connectivity index (χ0) is 13.1. The Morgan fingerprint density at radius 3 is 2.94 bits per heavy atom. The van der Waals surface area contributed by atoms with Gasteiger partial charge < -0.3 is 15.2 Å². The number of aromatic nitrogens is 1. The van der Waals surface area contributed by atoms with Crippen LogP contribution in [-0.4, -0.2) is 27.8 Å². The predicted octanol–water partition coefficient (Wildman–Crippen LogP) is 2.64. The molecule has 0 saturated carbocycles. The molecule has 7 heteroatoms. The van der Waals surface area contributed by atoms with E-state index in [0.29, 0.717) is 5.56 Å². The lowest BCUT2D eigenvalue weighted by Crippen LogP contribution is -2.20. The summed E-state index contributed by atoms with van der Waals surface area (Å²) >= 11 is 3.35. The van der Waals surface area contributed by atoms with Crippen molar-refractivity contribution >= 4 is 26.8 Å². The quantitative estimate of drug-likeness (QED) is 0.459. The summed E-state index contributed by atoms with van der Waals surface area (Å²) in [6.07, 6.45) is -0.585. The summed E-state index contributed by atoms with van der Waals surface area (Å²) in [5.41, 5.74) is 9.63. The van der Waals surface area contributed by atoms with Crippen LogP contribution in [0.4, 0.5) is 0 Å². The second kappa shape index (κ2) is 5.41. The number of aliphatic hydroxyl groups is 2. The summed E-state index contributed by atoms with van der Waals surface area (Å²) < 4.78 is 0.882. The molecule has 2 aromatic rings. The molecule has 0 radical (unpaired) electrons. The molecule has 2 rings (SSSR count). The highest BCUT2D eigenvalue weighted by molar-refractivity contribution is 9.10. The van der Waals surface area contributed by atoms with E-state index in [4.69, 9.17) is 5.53 Å². The Morgan fingerprint density at radius 1 is 1.44 bits per heavy atom. The van der Waals surface area contributed by atoms with Gasteiger partial charge in [-0.2, -0.15) is 0 Å².